The molecule has 5 atom stereocenters. The Hall–Kier alpha value is -1.49. The standard InChI is InChI=1S/C24H29Cl2N5O3S/c1-14(22-18(25)8-27-9-19(22)26)34-16-3-4-20-17(6-16)23(30-29-20)15-2-5-21(28-7-15)31-10-24(11-31)12-35(32,33)13-24/h2,5,7-9,14,16-17,20,23,29-30H,3-4,6,10-13H2,1H3/t14-,16?,17?,20?,23?/m1/s1. The first kappa shape index (κ1) is 23.9. The van der Waals surface area contributed by atoms with Gasteiger partial charge in [0, 0.05) is 48.7 Å². The van der Waals surface area contributed by atoms with Crippen molar-refractivity contribution in [3.05, 3.63) is 51.9 Å². The first-order valence-corrected chi connectivity index (χ1v) is 14.7. The van der Waals surface area contributed by atoms with Crippen molar-refractivity contribution in [3.8, 4) is 0 Å². The number of sulfone groups is 1. The van der Waals surface area contributed by atoms with Crippen molar-refractivity contribution in [2.24, 2.45) is 11.3 Å². The number of hydrogen-bond acceptors (Lipinski definition) is 8. The van der Waals surface area contributed by atoms with Crippen LogP contribution in [0.2, 0.25) is 10.0 Å². The quantitative estimate of drug-likeness (QED) is 0.598. The zero-order chi connectivity index (χ0) is 24.4. The van der Waals surface area contributed by atoms with Crippen LogP contribution >= 0.6 is 23.2 Å². The number of halogens is 2. The molecular weight excluding hydrogens is 509 g/mol. The highest BCUT2D eigenvalue weighted by atomic mass is 35.5. The van der Waals surface area contributed by atoms with E-state index in [9.17, 15) is 8.42 Å². The third-order valence-corrected chi connectivity index (χ3v) is 10.7. The van der Waals surface area contributed by atoms with Crippen LogP contribution in [0.4, 0.5) is 5.82 Å². The minimum absolute atomic E-state index is 0.0394. The Labute approximate surface area is 215 Å². The molecule has 0 amide bonds. The van der Waals surface area contributed by atoms with Crippen molar-refractivity contribution in [3.63, 3.8) is 0 Å². The molecule has 2 N–H and O–H groups in total. The van der Waals surface area contributed by atoms with E-state index in [0.717, 1.165) is 49.3 Å². The maximum Gasteiger partial charge on any atom is 0.151 e. The Balaban J connectivity index is 1.09. The summed E-state index contributed by atoms with van der Waals surface area (Å²) in [5, 5.41) is 1.05. The highest BCUT2D eigenvalue weighted by Gasteiger charge is 2.56. The summed E-state index contributed by atoms with van der Waals surface area (Å²) >= 11 is 12.7. The molecule has 188 valence electrons. The van der Waals surface area contributed by atoms with Crippen LogP contribution in [0, 0.1) is 11.3 Å². The maximum atomic E-state index is 11.6. The van der Waals surface area contributed by atoms with Gasteiger partial charge >= 0.3 is 0 Å². The van der Waals surface area contributed by atoms with E-state index in [1.165, 1.54) is 0 Å². The summed E-state index contributed by atoms with van der Waals surface area (Å²) in [7, 11) is -2.81. The van der Waals surface area contributed by atoms with Gasteiger partial charge in [0.25, 0.3) is 0 Å². The fourth-order valence-corrected chi connectivity index (χ4v) is 9.22. The molecule has 6 rings (SSSR count). The number of hydrogen-bond donors (Lipinski definition) is 2. The highest BCUT2D eigenvalue weighted by molar-refractivity contribution is 7.92. The van der Waals surface area contributed by atoms with Crippen LogP contribution in [-0.2, 0) is 14.6 Å². The Bertz CT molecular complexity index is 1190. The predicted octanol–water partition coefficient (Wildman–Crippen LogP) is 3.48. The van der Waals surface area contributed by atoms with Gasteiger partial charge < -0.3 is 9.64 Å². The van der Waals surface area contributed by atoms with E-state index in [4.69, 9.17) is 32.9 Å². The van der Waals surface area contributed by atoms with Crippen molar-refractivity contribution in [1.29, 1.82) is 0 Å². The van der Waals surface area contributed by atoms with Gasteiger partial charge in [-0.15, -0.1) is 0 Å². The lowest BCUT2D eigenvalue weighted by molar-refractivity contribution is -0.0370. The maximum absolute atomic E-state index is 11.6. The number of nitrogens with zero attached hydrogens (tertiary/aromatic N) is 3. The van der Waals surface area contributed by atoms with E-state index < -0.39 is 9.84 Å². The summed E-state index contributed by atoms with van der Waals surface area (Å²) in [6.45, 7) is 3.54. The lowest BCUT2D eigenvalue weighted by Gasteiger charge is -2.55. The Morgan fingerprint density at radius 2 is 1.86 bits per heavy atom. The second-order valence-electron chi connectivity index (χ2n) is 10.6. The number of anilines is 1. The molecule has 1 spiro atoms. The SMILES string of the molecule is C[C@@H](OC1CCC2NNC(c3ccc(N4CC5(C4)CS(=O)(=O)C5)nc3)C2C1)c1c(Cl)cncc1Cl. The van der Waals surface area contributed by atoms with E-state index in [-0.39, 0.29) is 23.7 Å². The number of hydrazine groups is 1. The Morgan fingerprint density at radius 1 is 1.11 bits per heavy atom. The Morgan fingerprint density at radius 3 is 2.51 bits per heavy atom. The second-order valence-corrected chi connectivity index (χ2v) is 13.5. The van der Waals surface area contributed by atoms with Gasteiger partial charge in [-0.2, -0.15) is 0 Å². The van der Waals surface area contributed by atoms with E-state index in [1.54, 1.807) is 12.4 Å². The summed E-state index contributed by atoms with van der Waals surface area (Å²) in [4.78, 5) is 10.9. The van der Waals surface area contributed by atoms with Gasteiger partial charge in [0.1, 0.15) is 5.82 Å². The minimum atomic E-state index is -2.81. The summed E-state index contributed by atoms with van der Waals surface area (Å²) in [5.41, 5.74) is 8.84. The lowest BCUT2D eigenvalue weighted by atomic mass is 9.78. The largest absolute Gasteiger partial charge is 0.370 e. The van der Waals surface area contributed by atoms with Crippen LogP contribution in [0.5, 0.6) is 0 Å². The molecule has 11 heteroatoms. The number of nitrogens with one attached hydrogen (secondary N) is 2. The van der Waals surface area contributed by atoms with Crippen molar-refractivity contribution >= 4 is 38.9 Å². The molecule has 0 aromatic carbocycles. The van der Waals surface area contributed by atoms with Crippen LogP contribution in [-0.4, -0.2) is 55.1 Å². The van der Waals surface area contributed by atoms with Gasteiger partial charge in [-0.05, 0) is 43.7 Å². The van der Waals surface area contributed by atoms with Crippen LogP contribution in [0.25, 0.3) is 0 Å². The van der Waals surface area contributed by atoms with Crippen LogP contribution in [0.1, 0.15) is 49.5 Å². The van der Waals surface area contributed by atoms with Gasteiger partial charge in [0.05, 0.1) is 39.8 Å². The number of rotatable bonds is 5. The molecule has 4 aliphatic rings. The monoisotopic (exact) mass is 537 g/mol. The molecule has 0 bridgehead atoms. The topological polar surface area (TPSA) is 96.5 Å². The molecule has 8 nitrogen and oxygen atoms in total. The average Bonchev–Trinajstić information content (AvgIpc) is 3.19. The summed E-state index contributed by atoms with van der Waals surface area (Å²) in [6.07, 6.45) is 7.96. The highest BCUT2D eigenvalue weighted by Crippen LogP contribution is 2.44. The third-order valence-electron chi connectivity index (χ3n) is 7.96. The van der Waals surface area contributed by atoms with Gasteiger partial charge in [0.15, 0.2) is 9.84 Å². The van der Waals surface area contributed by atoms with Crippen molar-refractivity contribution in [1.82, 2.24) is 20.8 Å². The first-order valence-electron chi connectivity index (χ1n) is 12.1. The number of ether oxygens (including phenoxy) is 1. The van der Waals surface area contributed by atoms with Gasteiger partial charge in [-0.25, -0.2) is 18.8 Å². The van der Waals surface area contributed by atoms with Crippen molar-refractivity contribution in [2.45, 2.75) is 50.5 Å². The molecule has 1 saturated carbocycles. The van der Waals surface area contributed by atoms with Crippen molar-refractivity contribution in [2.75, 3.05) is 29.5 Å². The van der Waals surface area contributed by atoms with Crippen LogP contribution in [0.15, 0.2) is 30.7 Å². The molecule has 1 aliphatic carbocycles. The van der Waals surface area contributed by atoms with Crippen LogP contribution in [0.3, 0.4) is 0 Å². The van der Waals surface area contributed by atoms with Crippen molar-refractivity contribution < 1.29 is 13.2 Å². The second kappa shape index (κ2) is 8.82. The van der Waals surface area contributed by atoms with E-state index in [1.807, 2.05) is 13.1 Å². The smallest absolute Gasteiger partial charge is 0.151 e. The van der Waals surface area contributed by atoms with Crippen LogP contribution < -0.4 is 15.8 Å². The minimum Gasteiger partial charge on any atom is -0.370 e. The first-order chi connectivity index (χ1) is 16.7. The van der Waals surface area contributed by atoms with Gasteiger partial charge in [-0.3, -0.25) is 10.4 Å². The summed E-state index contributed by atoms with van der Waals surface area (Å²) in [5.74, 6) is 1.92. The van der Waals surface area contributed by atoms with Gasteiger partial charge in [-0.1, -0.05) is 29.3 Å². The van der Waals surface area contributed by atoms with Gasteiger partial charge in [0.2, 0.25) is 0 Å². The molecule has 0 radical (unpaired) electrons. The molecule has 4 fully saturated rings. The van der Waals surface area contributed by atoms with E-state index >= 15 is 0 Å². The molecule has 4 unspecified atom stereocenters. The predicted molar refractivity (Wildman–Crippen MR) is 135 cm³/mol. The Kier molecular flexibility index (Phi) is 6.02. The molecule has 2 aromatic rings. The molecule has 35 heavy (non-hydrogen) atoms. The summed E-state index contributed by atoms with van der Waals surface area (Å²) in [6, 6.07) is 4.72. The molecule has 3 saturated heterocycles. The number of aromatic nitrogens is 2. The number of fused-ring (bicyclic) bond motifs is 1. The molecule has 3 aliphatic heterocycles. The third kappa shape index (κ3) is 4.45. The molecular formula is C24H29Cl2N5O3S. The average molecular weight is 539 g/mol. The number of pyridine rings is 2. The fourth-order valence-electron chi connectivity index (χ4n) is 6.40. The lowest BCUT2D eigenvalue weighted by Crippen LogP contribution is -2.68. The molecule has 5 heterocycles. The normalized spacial score (nSPS) is 31.5. The zero-order valence-corrected chi connectivity index (χ0v) is 21.8. The molecule has 2 aromatic heterocycles. The van der Waals surface area contributed by atoms with E-state index in [2.05, 4.69) is 32.9 Å². The fraction of sp³-hybridized carbons (Fsp3) is 0.583. The van der Waals surface area contributed by atoms with E-state index in [0.29, 0.717) is 33.5 Å². The zero-order valence-electron chi connectivity index (χ0n) is 19.5. The summed E-state index contributed by atoms with van der Waals surface area (Å²) < 4.78 is 29.6.